The monoisotopic (exact) mass is 541 g/mol. The molecule has 0 amide bonds. The van der Waals surface area contributed by atoms with Crippen molar-refractivity contribution in [2.45, 2.75) is 58.0 Å². The van der Waals surface area contributed by atoms with Crippen LogP contribution in [0.5, 0.6) is 11.5 Å². The normalized spacial score (nSPS) is 22.8. The van der Waals surface area contributed by atoms with Crippen LogP contribution in [0.3, 0.4) is 0 Å². The van der Waals surface area contributed by atoms with Crippen LogP contribution in [-0.4, -0.2) is 82.0 Å². The Morgan fingerprint density at radius 3 is 2.61 bits per heavy atom. The van der Waals surface area contributed by atoms with Crippen molar-refractivity contribution in [3.63, 3.8) is 0 Å². The number of benzene rings is 2. The summed E-state index contributed by atoms with van der Waals surface area (Å²) >= 11 is 6.28. The zero-order valence-corrected chi connectivity index (χ0v) is 24.1. The maximum atomic E-state index is 6.28. The van der Waals surface area contributed by atoms with Crippen molar-refractivity contribution in [1.29, 1.82) is 0 Å². The Balaban J connectivity index is 1.18. The molecule has 0 aliphatic carbocycles. The number of rotatable bonds is 9. The van der Waals surface area contributed by atoms with Crippen molar-refractivity contribution < 1.29 is 14.2 Å². The summed E-state index contributed by atoms with van der Waals surface area (Å²) in [5.41, 5.74) is 5.37. The fourth-order valence-corrected chi connectivity index (χ4v) is 6.64. The molecule has 3 saturated heterocycles. The first kappa shape index (κ1) is 27.6. The molecule has 0 saturated carbocycles. The number of hydrogen-bond acceptors (Lipinski definition) is 6. The van der Waals surface area contributed by atoms with Crippen LogP contribution >= 0.6 is 11.6 Å². The number of hydrogen-bond donors (Lipinski definition) is 0. The molecule has 3 aliphatic heterocycles. The first-order valence-electron chi connectivity index (χ1n) is 14.4. The van der Waals surface area contributed by atoms with E-state index in [0.29, 0.717) is 17.1 Å². The molecule has 2 aromatic carbocycles. The topological polar surface area (TPSA) is 37.4 Å². The van der Waals surface area contributed by atoms with E-state index in [2.05, 4.69) is 52.8 Å². The Bertz CT molecular complexity index is 1070. The van der Waals surface area contributed by atoms with Gasteiger partial charge in [-0.25, -0.2) is 0 Å². The highest BCUT2D eigenvalue weighted by Crippen LogP contribution is 2.40. The first-order chi connectivity index (χ1) is 18.5. The molecule has 0 aromatic heterocycles. The lowest BCUT2D eigenvalue weighted by Crippen LogP contribution is -2.56. The molecular formula is C31H44ClN3O3. The first-order valence-corrected chi connectivity index (χ1v) is 14.8. The molecule has 3 aliphatic rings. The second kappa shape index (κ2) is 12.9. The third-order valence-electron chi connectivity index (χ3n) is 8.81. The average molecular weight is 542 g/mol. The van der Waals surface area contributed by atoms with Gasteiger partial charge in [0, 0.05) is 56.6 Å². The van der Waals surface area contributed by atoms with Gasteiger partial charge in [-0.1, -0.05) is 17.7 Å². The van der Waals surface area contributed by atoms with Gasteiger partial charge in [-0.15, -0.1) is 0 Å². The highest BCUT2D eigenvalue weighted by atomic mass is 35.5. The van der Waals surface area contributed by atoms with Crippen LogP contribution in [0.4, 0.5) is 5.69 Å². The lowest BCUT2D eigenvalue weighted by Gasteiger charge is -2.49. The van der Waals surface area contributed by atoms with Gasteiger partial charge >= 0.3 is 0 Å². The van der Waals surface area contributed by atoms with Crippen molar-refractivity contribution in [2.24, 2.45) is 0 Å². The van der Waals surface area contributed by atoms with E-state index >= 15 is 0 Å². The summed E-state index contributed by atoms with van der Waals surface area (Å²) in [6.07, 6.45) is 6.01. The Morgan fingerprint density at radius 1 is 0.947 bits per heavy atom. The van der Waals surface area contributed by atoms with Crippen LogP contribution in [-0.2, 0) is 4.74 Å². The molecule has 38 heavy (non-hydrogen) atoms. The third kappa shape index (κ3) is 6.25. The second-order valence-electron chi connectivity index (χ2n) is 11.0. The molecule has 2 atom stereocenters. The van der Waals surface area contributed by atoms with Gasteiger partial charge in [-0.2, -0.15) is 0 Å². The fourth-order valence-electron chi connectivity index (χ4n) is 6.44. The molecule has 0 radical (unpaired) electrons. The smallest absolute Gasteiger partial charge is 0.139 e. The molecule has 2 aromatic rings. The van der Waals surface area contributed by atoms with E-state index < -0.39 is 0 Å². The molecule has 208 valence electrons. The zero-order valence-electron chi connectivity index (χ0n) is 23.4. The largest absolute Gasteiger partial charge is 0.495 e. The lowest BCUT2D eigenvalue weighted by molar-refractivity contribution is 0.0368. The Hall–Kier alpha value is -1.99. The van der Waals surface area contributed by atoms with Crippen LogP contribution in [0, 0.1) is 13.8 Å². The minimum absolute atomic E-state index is 0.483. The van der Waals surface area contributed by atoms with Crippen molar-refractivity contribution in [3.8, 4) is 11.5 Å². The van der Waals surface area contributed by atoms with Gasteiger partial charge in [-0.3, -0.25) is 9.80 Å². The predicted molar refractivity (Wildman–Crippen MR) is 155 cm³/mol. The number of halogens is 1. The number of unbranched alkanes of at least 4 members (excludes halogenated alkanes) is 1. The van der Waals surface area contributed by atoms with Crippen molar-refractivity contribution in [2.75, 3.05) is 71.1 Å². The molecule has 0 N–H and O–H groups in total. The van der Waals surface area contributed by atoms with E-state index in [1.165, 1.54) is 48.1 Å². The third-order valence-corrected chi connectivity index (χ3v) is 9.12. The summed E-state index contributed by atoms with van der Waals surface area (Å²) in [6, 6.07) is 11.8. The minimum Gasteiger partial charge on any atom is -0.495 e. The van der Waals surface area contributed by atoms with Gasteiger partial charge in [0.1, 0.15) is 11.5 Å². The van der Waals surface area contributed by atoms with Gasteiger partial charge < -0.3 is 19.1 Å². The number of piperazine rings is 1. The summed E-state index contributed by atoms with van der Waals surface area (Å²) in [7, 11) is 1.68. The Morgan fingerprint density at radius 2 is 1.79 bits per heavy atom. The second-order valence-corrected chi connectivity index (χ2v) is 11.4. The predicted octanol–water partition coefficient (Wildman–Crippen LogP) is 5.87. The summed E-state index contributed by atoms with van der Waals surface area (Å²) in [4.78, 5) is 7.76. The molecule has 7 heteroatoms. The Kier molecular flexibility index (Phi) is 9.37. The molecule has 0 unspecified atom stereocenters. The number of fused-ring (bicyclic) bond motifs is 1. The van der Waals surface area contributed by atoms with E-state index in [1.54, 1.807) is 7.11 Å². The highest BCUT2D eigenvalue weighted by Gasteiger charge is 2.36. The van der Waals surface area contributed by atoms with E-state index in [1.807, 2.05) is 6.07 Å². The summed E-state index contributed by atoms with van der Waals surface area (Å²) in [5.74, 6) is 1.80. The number of nitrogens with zero attached hydrogens (tertiary/aromatic N) is 3. The van der Waals surface area contributed by atoms with E-state index in [-0.39, 0.29) is 0 Å². The van der Waals surface area contributed by atoms with Gasteiger partial charge in [0.05, 0.1) is 32.0 Å². The molecule has 5 rings (SSSR count). The minimum atomic E-state index is 0.483. The van der Waals surface area contributed by atoms with Crippen LogP contribution < -0.4 is 14.4 Å². The lowest BCUT2D eigenvalue weighted by atomic mass is 9.86. The summed E-state index contributed by atoms with van der Waals surface area (Å²) in [5, 5.41) is 0.666. The molecular weight excluding hydrogens is 498 g/mol. The van der Waals surface area contributed by atoms with Gasteiger partial charge in [0.25, 0.3) is 0 Å². The summed E-state index contributed by atoms with van der Waals surface area (Å²) in [6.45, 7) is 13.4. The van der Waals surface area contributed by atoms with Gasteiger partial charge in [-0.05, 0) is 87.4 Å². The van der Waals surface area contributed by atoms with E-state index in [9.17, 15) is 0 Å². The van der Waals surface area contributed by atoms with Crippen LogP contribution in [0.15, 0.2) is 30.3 Å². The standard InChI is InChI=1S/C31H44ClN3O3/c1-23-24(2)30(38-18-5-4-13-33-16-19-37-20-17-33)12-10-27(23)29-8-6-7-26-22-34(14-15-35(26)29)25-9-11-28(32)31(21-25)36-3/h9-12,21,26,29H,4-8,13-20,22H2,1-3H3/t26-,29+/m0/s1. The molecule has 0 spiro atoms. The molecule has 6 nitrogen and oxygen atoms in total. The maximum absolute atomic E-state index is 6.28. The molecule has 0 bridgehead atoms. The van der Waals surface area contributed by atoms with Gasteiger partial charge in [0.15, 0.2) is 0 Å². The van der Waals surface area contributed by atoms with Crippen LogP contribution in [0.25, 0.3) is 0 Å². The molecule has 3 fully saturated rings. The van der Waals surface area contributed by atoms with Crippen LogP contribution in [0.1, 0.15) is 54.8 Å². The van der Waals surface area contributed by atoms with E-state index in [4.69, 9.17) is 25.8 Å². The SMILES string of the molecule is COc1cc(N2CCN3[C@@H](CCC[C@@H]3c3ccc(OCCCCN4CCOCC4)c(C)c3C)C2)ccc1Cl. The van der Waals surface area contributed by atoms with Crippen LogP contribution in [0.2, 0.25) is 5.02 Å². The summed E-state index contributed by atoms with van der Waals surface area (Å²) < 4.78 is 17.2. The van der Waals surface area contributed by atoms with Gasteiger partial charge in [0.2, 0.25) is 0 Å². The fraction of sp³-hybridized carbons (Fsp3) is 0.613. The highest BCUT2D eigenvalue weighted by molar-refractivity contribution is 6.32. The van der Waals surface area contributed by atoms with E-state index in [0.717, 1.165) is 77.0 Å². The van der Waals surface area contributed by atoms with Crippen molar-refractivity contribution in [1.82, 2.24) is 9.80 Å². The number of anilines is 1. The van der Waals surface area contributed by atoms with Crippen molar-refractivity contribution in [3.05, 3.63) is 52.0 Å². The Labute approximate surface area is 233 Å². The average Bonchev–Trinajstić information content (AvgIpc) is 2.95. The number of piperidine rings is 1. The zero-order chi connectivity index (χ0) is 26.5. The number of morpholine rings is 1. The number of methoxy groups -OCH3 is 1. The maximum Gasteiger partial charge on any atom is 0.139 e. The number of ether oxygens (including phenoxy) is 3. The quantitative estimate of drug-likeness (QED) is 0.369. The molecule has 3 heterocycles. The van der Waals surface area contributed by atoms with Crippen molar-refractivity contribution >= 4 is 17.3 Å².